The van der Waals surface area contributed by atoms with Crippen molar-refractivity contribution in [2.75, 3.05) is 40.0 Å². The molecular formula is C18H30IN3O2. The number of hydrogen-bond acceptors (Lipinski definition) is 3. The SMILES string of the molecule is CCOCCC1(CNC(=NC)NCCOc2ccccc2)CC1.I. The molecule has 24 heavy (non-hydrogen) atoms. The van der Waals surface area contributed by atoms with Crippen molar-refractivity contribution >= 4 is 29.9 Å². The summed E-state index contributed by atoms with van der Waals surface area (Å²) in [5.74, 6) is 1.73. The predicted octanol–water partition coefficient (Wildman–Crippen LogP) is 3.06. The van der Waals surface area contributed by atoms with Crippen molar-refractivity contribution < 1.29 is 9.47 Å². The van der Waals surface area contributed by atoms with Gasteiger partial charge in [-0.05, 0) is 43.7 Å². The van der Waals surface area contributed by atoms with Crippen LogP contribution in [0, 0.1) is 5.41 Å². The second-order valence-electron chi connectivity index (χ2n) is 5.96. The van der Waals surface area contributed by atoms with E-state index in [1.54, 1.807) is 7.05 Å². The van der Waals surface area contributed by atoms with Crippen LogP contribution in [-0.2, 0) is 4.74 Å². The second-order valence-corrected chi connectivity index (χ2v) is 5.96. The standard InChI is InChI=1S/C18H29N3O2.HI/c1-3-22-13-11-18(9-10-18)15-21-17(19-2)20-12-14-23-16-7-5-4-6-8-16;/h4-8H,3,9-15H2,1-2H3,(H2,19,20,21);1H. The minimum absolute atomic E-state index is 0. The Labute approximate surface area is 162 Å². The van der Waals surface area contributed by atoms with E-state index in [0.717, 1.165) is 44.4 Å². The summed E-state index contributed by atoms with van der Waals surface area (Å²) in [6, 6.07) is 9.85. The molecule has 0 saturated heterocycles. The number of aliphatic imine (C=N–C) groups is 1. The van der Waals surface area contributed by atoms with E-state index < -0.39 is 0 Å². The number of rotatable bonds is 10. The average molecular weight is 447 g/mol. The highest BCUT2D eigenvalue weighted by atomic mass is 127. The lowest BCUT2D eigenvalue weighted by Gasteiger charge is -2.18. The van der Waals surface area contributed by atoms with Crippen LogP contribution in [0.2, 0.25) is 0 Å². The van der Waals surface area contributed by atoms with Gasteiger partial charge in [-0.15, -0.1) is 24.0 Å². The summed E-state index contributed by atoms with van der Waals surface area (Å²) in [6.45, 7) is 5.99. The lowest BCUT2D eigenvalue weighted by Crippen LogP contribution is -2.42. The van der Waals surface area contributed by atoms with Gasteiger partial charge in [0.05, 0.1) is 6.54 Å². The van der Waals surface area contributed by atoms with Gasteiger partial charge in [0, 0.05) is 26.8 Å². The number of benzene rings is 1. The molecule has 1 aliphatic rings. The van der Waals surface area contributed by atoms with E-state index in [0.29, 0.717) is 12.0 Å². The van der Waals surface area contributed by atoms with Gasteiger partial charge in [-0.3, -0.25) is 4.99 Å². The molecule has 0 aromatic heterocycles. The Morgan fingerprint density at radius 1 is 1.17 bits per heavy atom. The zero-order chi connectivity index (χ0) is 16.4. The maximum atomic E-state index is 5.66. The zero-order valence-corrected chi connectivity index (χ0v) is 17.0. The Hall–Kier alpha value is -1.02. The summed E-state index contributed by atoms with van der Waals surface area (Å²) in [5, 5.41) is 6.72. The number of nitrogens with one attached hydrogen (secondary N) is 2. The summed E-state index contributed by atoms with van der Waals surface area (Å²) in [6.07, 6.45) is 3.68. The van der Waals surface area contributed by atoms with Crippen molar-refractivity contribution in [3.63, 3.8) is 0 Å². The van der Waals surface area contributed by atoms with Gasteiger partial charge in [-0.25, -0.2) is 0 Å². The van der Waals surface area contributed by atoms with Crippen molar-refractivity contribution in [1.82, 2.24) is 10.6 Å². The number of ether oxygens (including phenoxy) is 2. The van der Waals surface area contributed by atoms with E-state index in [2.05, 4.69) is 15.6 Å². The average Bonchev–Trinajstić information content (AvgIpc) is 3.36. The van der Waals surface area contributed by atoms with Crippen LogP contribution in [0.4, 0.5) is 0 Å². The number of halogens is 1. The molecule has 0 heterocycles. The van der Waals surface area contributed by atoms with Gasteiger partial charge in [-0.1, -0.05) is 18.2 Å². The molecule has 2 rings (SSSR count). The number of para-hydroxylation sites is 1. The summed E-state index contributed by atoms with van der Waals surface area (Å²) in [7, 11) is 1.80. The van der Waals surface area contributed by atoms with Crippen LogP contribution in [0.25, 0.3) is 0 Å². The zero-order valence-electron chi connectivity index (χ0n) is 14.7. The molecule has 0 bridgehead atoms. The number of nitrogens with zero attached hydrogens (tertiary/aromatic N) is 1. The molecule has 1 fully saturated rings. The molecule has 1 aliphatic carbocycles. The van der Waals surface area contributed by atoms with Crippen LogP contribution in [0.3, 0.4) is 0 Å². The van der Waals surface area contributed by atoms with Gasteiger partial charge in [0.15, 0.2) is 5.96 Å². The normalized spacial score (nSPS) is 15.3. The molecule has 0 atom stereocenters. The number of hydrogen-bond donors (Lipinski definition) is 2. The van der Waals surface area contributed by atoms with Crippen LogP contribution in [0.5, 0.6) is 5.75 Å². The maximum absolute atomic E-state index is 5.66. The van der Waals surface area contributed by atoms with E-state index >= 15 is 0 Å². The highest BCUT2D eigenvalue weighted by Gasteiger charge is 2.41. The van der Waals surface area contributed by atoms with Crippen LogP contribution in [0.15, 0.2) is 35.3 Å². The Bertz CT molecular complexity index is 478. The molecule has 0 spiro atoms. The van der Waals surface area contributed by atoms with Crippen molar-refractivity contribution in [2.45, 2.75) is 26.2 Å². The topological polar surface area (TPSA) is 54.9 Å². The van der Waals surface area contributed by atoms with Gasteiger partial charge in [0.1, 0.15) is 12.4 Å². The molecule has 6 heteroatoms. The fourth-order valence-electron chi connectivity index (χ4n) is 2.47. The lowest BCUT2D eigenvalue weighted by molar-refractivity contribution is 0.128. The Morgan fingerprint density at radius 3 is 2.54 bits per heavy atom. The lowest BCUT2D eigenvalue weighted by atomic mass is 10.0. The van der Waals surface area contributed by atoms with E-state index in [4.69, 9.17) is 9.47 Å². The van der Waals surface area contributed by atoms with Crippen molar-refractivity contribution in [3.05, 3.63) is 30.3 Å². The molecule has 0 amide bonds. The summed E-state index contributed by atoms with van der Waals surface area (Å²) >= 11 is 0. The third-order valence-electron chi connectivity index (χ3n) is 4.20. The minimum atomic E-state index is 0. The van der Waals surface area contributed by atoms with E-state index in [-0.39, 0.29) is 24.0 Å². The molecule has 1 aromatic carbocycles. The second kappa shape index (κ2) is 11.5. The third kappa shape index (κ3) is 7.70. The van der Waals surface area contributed by atoms with Crippen molar-refractivity contribution in [2.24, 2.45) is 10.4 Å². The number of guanidine groups is 1. The minimum Gasteiger partial charge on any atom is -0.492 e. The first-order valence-corrected chi connectivity index (χ1v) is 8.48. The molecule has 1 aromatic rings. The molecule has 0 radical (unpaired) electrons. The van der Waals surface area contributed by atoms with Crippen LogP contribution in [0.1, 0.15) is 26.2 Å². The Balaban J connectivity index is 0.00000288. The fourth-order valence-corrected chi connectivity index (χ4v) is 2.47. The van der Waals surface area contributed by atoms with E-state index in [9.17, 15) is 0 Å². The monoisotopic (exact) mass is 447 g/mol. The molecule has 0 unspecified atom stereocenters. The first kappa shape index (κ1) is 21.0. The predicted molar refractivity (Wildman–Crippen MR) is 109 cm³/mol. The van der Waals surface area contributed by atoms with Gasteiger partial charge in [0.25, 0.3) is 0 Å². The molecular weight excluding hydrogens is 417 g/mol. The van der Waals surface area contributed by atoms with Crippen molar-refractivity contribution in [3.8, 4) is 5.75 Å². The first-order valence-electron chi connectivity index (χ1n) is 8.48. The fraction of sp³-hybridized carbons (Fsp3) is 0.611. The van der Waals surface area contributed by atoms with Gasteiger partial charge >= 0.3 is 0 Å². The van der Waals surface area contributed by atoms with E-state index in [1.165, 1.54) is 12.8 Å². The molecule has 5 nitrogen and oxygen atoms in total. The summed E-state index contributed by atoms with van der Waals surface area (Å²) in [4.78, 5) is 4.27. The third-order valence-corrected chi connectivity index (χ3v) is 4.20. The smallest absolute Gasteiger partial charge is 0.191 e. The molecule has 136 valence electrons. The molecule has 2 N–H and O–H groups in total. The molecule has 1 saturated carbocycles. The van der Waals surface area contributed by atoms with E-state index in [1.807, 2.05) is 37.3 Å². The van der Waals surface area contributed by atoms with Crippen LogP contribution < -0.4 is 15.4 Å². The summed E-state index contributed by atoms with van der Waals surface area (Å²) < 4.78 is 11.1. The van der Waals surface area contributed by atoms with Crippen LogP contribution in [-0.4, -0.2) is 45.9 Å². The van der Waals surface area contributed by atoms with Gasteiger partial charge in [-0.2, -0.15) is 0 Å². The first-order chi connectivity index (χ1) is 11.3. The van der Waals surface area contributed by atoms with Gasteiger partial charge in [0.2, 0.25) is 0 Å². The largest absolute Gasteiger partial charge is 0.492 e. The van der Waals surface area contributed by atoms with Crippen molar-refractivity contribution in [1.29, 1.82) is 0 Å². The van der Waals surface area contributed by atoms with Crippen LogP contribution >= 0.6 is 24.0 Å². The Kier molecular flexibility index (Phi) is 10.1. The van der Waals surface area contributed by atoms with Gasteiger partial charge < -0.3 is 20.1 Å². The highest BCUT2D eigenvalue weighted by molar-refractivity contribution is 14.0. The summed E-state index contributed by atoms with van der Waals surface area (Å²) in [5.41, 5.74) is 0.410. The quantitative estimate of drug-likeness (QED) is 0.251. The Morgan fingerprint density at radius 2 is 1.92 bits per heavy atom. The maximum Gasteiger partial charge on any atom is 0.191 e. The molecule has 0 aliphatic heterocycles. The highest BCUT2D eigenvalue weighted by Crippen LogP contribution is 2.48.